The second kappa shape index (κ2) is 6.99. The first kappa shape index (κ1) is 15.8. The Hall–Kier alpha value is -2.10. The van der Waals surface area contributed by atoms with Crippen molar-refractivity contribution in [2.24, 2.45) is 7.05 Å². The number of benzene rings is 1. The van der Waals surface area contributed by atoms with Crippen LogP contribution in [0.5, 0.6) is 0 Å². The third-order valence-corrected chi connectivity index (χ3v) is 4.74. The van der Waals surface area contributed by atoms with Crippen molar-refractivity contribution in [2.45, 2.75) is 45.1 Å². The summed E-state index contributed by atoms with van der Waals surface area (Å²) < 4.78 is 1.73. The van der Waals surface area contributed by atoms with Gasteiger partial charge in [0.05, 0.1) is 11.3 Å². The van der Waals surface area contributed by atoms with Crippen LogP contribution in [-0.2, 0) is 13.5 Å². The van der Waals surface area contributed by atoms with Gasteiger partial charge < -0.3 is 4.90 Å². The Morgan fingerprint density at radius 1 is 1.26 bits per heavy atom. The fraction of sp³-hybridized carbons (Fsp3) is 0.474. The average Bonchev–Trinajstić information content (AvgIpc) is 2.92. The van der Waals surface area contributed by atoms with Crippen molar-refractivity contribution in [3.63, 3.8) is 0 Å². The number of nitrogens with zero attached hydrogens (tertiary/aromatic N) is 3. The van der Waals surface area contributed by atoms with E-state index >= 15 is 0 Å². The van der Waals surface area contributed by atoms with E-state index in [0.29, 0.717) is 6.04 Å². The molecular weight excluding hydrogens is 286 g/mol. The van der Waals surface area contributed by atoms with Gasteiger partial charge in [-0.2, -0.15) is 5.10 Å². The van der Waals surface area contributed by atoms with Gasteiger partial charge in [0.15, 0.2) is 0 Å². The first-order chi connectivity index (χ1) is 11.1. The highest BCUT2D eigenvalue weighted by Crippen LogP contribution is 2.24. The number of piperidine rings is 1. The summed E-state index contributed by atoms with van der Waals surface area (Å²) >= 11 is 0. The molecule has 1 aromatic heterocycles. The monoisotopic (exact) mass is 311 g/mol. The lowest BCUT2D eigenvalue weighted by atomic mass is 9.95. The van der Waals surface area contributed by atoms with Crippen molar-refractivity contribution in [3.8, 4) is 0 Å². The number of hydrogen-bond donors (Lipinski definition) is 0. The van der Waals surface area contributed by atoms with Crippen LogP contribution >= 0.6 is 0 Å². The topological polar surface area (TPSA) is 38.1 Å². The zero-order valence-electron chi connectivity index (χ0n) is 14.0. The molecule has 0 unspecified atom stereocenters. The van der Waals surface area contributed by atoms with Gasteiger partial charge in [-0.25, -0.2) is 0 Å². The number of amides is 1. The van der Waals surface area contributed by atoms with Crippen molar-refractivity contribution in [2.75, 3.05) is 6.54 Å². The number of aryl methyl sites for hydroxylation is 3. The molecule has 0 bridgehead atoms. The van der Waals surface area contributed by atoms with E-state index in [9.17, 15) is 4.79 Å². The zero-order valence-corrected chi connectivity index (χ0v) is 14.0. The Balaban J connectivity index is 1.71. The van der Waals surface area contributed by atoms with Crippen LogP contribution in [0.3, 0.4) is 0 Å². The van der Waals surface area contributed by atoms with E-state index in [0.717, 1.165) is 43.5 Å². The van der Waals surface area contributed by atoms with Crippen LogP contribution in [0.1, 0.15) is 47.3 Å². The highest BCUT2D eigenvalue weighted by atomic mass is 16.2. The lowest BCUT2D eigenvalue weighted by molar-refractivity contribution is 0.0601. The minimum atomic E-state index is 0.147. The van der Waals surface area contributed by atoms with E-state index in [1.807, 2.05) is 26.2 Å². The first-order valence-corrected chi connectivity index (χ1v) is 8.50. The normalized spacial score (nSPS) is 18.2. The van der Waals surface area contributed by atoms with Gasteiger partial charge in [-0.05, 0) is 44.6 Å². The molecule has 1 aromatic carbocycles. The molecule has 0 aliphatic carbocycles. The fourth-order valence-electron chi connectivity index (χ4n) is 3.51. The molecule has 1 atom stereocenters. The summed E-state index contributed by atoms with van der Waals surface area (Å²) in [7, 11) is 1.87. The van der Waals surface area contributed by atoms with Crippen LogP contribution in [0.15, 0.2) is 36.5 Å². The van der Waals surface area contributed by atoms with Gasteiger partial charge in [-0.1, -0.05) is 30.3 Å². The molecule has 4 nitrogen and oxygen atoms in total. The predicted molar refractivity (Wildman–Crippen MR) is 91.4 cm³/mol. The number of hydrogen-bond acceptors (Lipinski definition) is 2. The van der Waals surface area contributed by atoms with E-state index in [2.05, 4.69) is 34.3 Å². The molecule has 2 aromatic rings. The van der Waals surface area contributed by atoms with E-state index in [1.54, 1.807) is 4.68 Å². The quantitative estimate of drug-likeness (QED) is 0.868. The van der Waals surface area contributed by atoms with Crippen LogP contribution in [0.4, 0.5) is 0 Å². The summed E-state index contributed by atoms with van der Waals surface area (Å²) in [6, 6.07) is 10.9. The first-order valence-electron chi connectivity index (χ1n) is 8.50. The van der Waals surface area contributed by atoms with Crippen LogP contribution in [0.25, 0.3) is 0 Å². The van der Waals surface area contributed by atoms with E-state index in [1.165, 1.54) is 12.0 Å². The SMILES string of the molecule is Cc1nn(C)cc1C(=O)N1CCCC[C@@H]1CCc1ccccc1. The molecule has 0 N–H and O–H groups in total. The van der Waals surface area contributed by atoms with Crippen molar-refractivity contribution >= 4 is 5.91 Å². The molecule has 0 saturated carbocycles. The Kier molecular flexibility index (Phi) is 4.79. The van der Waals surface area contributed by atoms with Gasteiger partial charge in [0, 0.05) is 25.8 Å². The van der Waals surface area contributed by atoms with E-state index in [-0.39, 0.29) is 5.91 Å². The standard InChI is InChI=1S/C19H25N3O/c1-15-18(14-21(2)20-15)19(23)22-13-7-6-10-17(22)12-11-16-8-4-3-5-9-16/h3-5,8-9,14,17H,6-7,10-13H2,1-2H3/t17-/m1/s1. The van der Waals surface area contributed by atoms with Gasteiger partial charge in [0.25, 0.3) is 5.91 Å². The zero-order chi connectivity index (χ0) is 16.2. The van der Waals surface area contributed by atoms with Crippen molar-refractivity contribution in [3.05, 3.63) is 53.3 Å². The molecule has 23 heavy (non-hydrogen) atoms. The molecule has 1 saturated heterocycles. The summed E-state index contributed by atoms with van der Waals surface area (Å²) in [5, 5.41) is 4.31. The summed E-state index contributed by atoms with van der Waals surface area (Å²) in [6.45, 7) is 2.78. The van der Waals surface area contributed by atoms with Crippen molar-refractivity contribution in [1.82, 2.24) is 14.7 Å². The summed E-state index contributed by atoms with van der Waals surface area (Å²) in [5.41, 5.74) is 2.92. The van der Waals surface area contributed by atoms with Gasteiger partial charge >= 0.3 is 0 Å². The van der Waals surface area contributed by atoms with Crippen molar-refractivity contribution in [1.29, 1.82) is 0 Å². The second-order valence-electron chi connectivity index (χ2n) is 6.47. The van der Waals surface area contributed by atoms with Gasteiger partial charge in [-0.3, -0.25) is 9.48 Å². The molecule has 0 radical (unpaired) electrons. The Bertz CT molecular complexity index is 663. The number of rotatable bonds is 4. The molecule has 2 heterocycles. The van der Waals surface area contributed by atoms with Gasteiger partial charge in [0.2, 0.25) is 0 Å². The molecule has 3 rings (SSSR count). The fourth-order valence-corrected chi connectivity index (χ4v) is 3.51. The molecule has 4 heteroatoms. The molecular formula is C19H25N3O. The highest BCUT2D eigenvalue weighted by Gasteiger charge is 2.28. The number of carbonyl (C=O) groups is 1. The van der Waals surface area contributed by atoms with Crippen LogP contribution < -0.4 is 0 Å². The second-order valence-corrected chi connectivity index (χ2v) is 6.47. The number of likely N-dealkylation sites (tertiary alicyclic amines) is 1. The summed E-state index contributed by atoms with van der Waals surface area (Å²) in [4.78, 5) is 15.0. The summed E-state index contributed by atoms with van der Waals surface area (Å²) in [5.74, 6) is 0.147. The van der Waals surface area contributed by atoms with Crippen LogP contribution in [0.2, 0.25) is 0 Å². The highest BCUT2D eigenvalue weighted by molar-refractivity contribution is 5.95. The maximum atomic E-state index is 12.9. The maximum Gasteiger partial charge on any atom is 0.257 e. The van der Waals surface area contributed by atoms with E-state index in [4.69, 9.17) is 0 Å². The maximum absolute atomic E-state index is 12.9. The Labute approximate surface area is 138 Å². The molecule has 122 valence electrons. The Morgan fingerprint density at radius 2 is 2.04 bits per heavy atom. The predicted octanol–water partition coefficient (Wildman–Crippen LogP) is 3.36. The molecule has 1 aliphatic heterocycles. The third-order valence-electron chi connectivity index (χ3n) is 4.74. The summed E-state index contributed by atoms with van der Waals surface area (Å²) in [6.07, 6.45) is 7.34. The van der Waals surface area contributed by atoms with Gasteiger partial charge in [0.1, 0.15) is 0 Å². The molecule has 1 aliphatic rings. The number of carbonyl (C=O) groups excluding carboxylic acids is 1. The van der Waals surface area contributed by atoms with E-state index < -0.39 is 0 Å². The molecule has 1 amide bonds. The Morgan fingerprint density at radius 3 is 2.74 bits per heavy atom. The lowest BCUT2D eigenvalue weighted by Gasteiger charge is -2.36. The number of aromatic nitrogens is 2. The average molecular weight is 311 g/mol. The lowest BCUT2D eigenvalue weighted by Crippen LogP contribution is -2.44. The van der Waals surface area contributed by atoms with Crippen LogP contribution in [0, 0.1) is 6.92 Å². The minimum absolute atomic E-state index is 0.147. The third kappa shape index (κ3) is 3.63. The largest absolute Gasteiger partial charge is 0.336 e. The molecule has 1 fully saturated rings. The van der Waals surface area contributed by atoms with Crippen molar-refractivity contribution < 1.29 is 4.79 Å². The van der Waals surface area contributed by atoms with Crippen LogP contribution in [-0.4, -0.2) is 33.2 Å². The minimum Gasteiger partial charge on any atom is -0.336 e. The van der Waals surface area contributed by atoms with Gasteiger partial charge in [-0.15, -0.1) is 0 Å². The smallest absolute Gasteiger partial charge is 0.257 e. The molecule has 0 spiro atoms.